The summed E-state index contributed by atoms with van der Waals surface area (Å²) < 4.78 is 5.52. The maximum atomic E-state index is 13.8. The summed E-state index contributed by atoms with van der Waals surface area (Å²) in [5.74, 6) is -0.449. The number of allylic oxidation sites excluding steroid dienone is 6. The van der Waals surface area contributed by atoms with Gasteiger partial charge in [0.05, 0.1) is 13.5 Å². The largest absolute Gasteiger partial charge is 0.497 e. The summed E-state index contributed by atoms with van der Waals surface area (Å²) in [6.45, 7) is 10.5. The molecule has 5 nitrogen and oxygen atoms in total. The average Bonchev–Trinajstić information content (AvgIpc) is 3.13. The zero-order chi connectivity index (χ0) is 29.4. The lowest BCUT2D eigenvalue weighted by molar-refractivity contribution is -0.138. The number of carbonyl (C=O) groups is 2. The number of hydrogen-bond donors (Lipinski definition) is 1. The molecular weight excluding hydrogens is 522 g/mol. The molecule has 0 spiro atoms. The fraction of sp³-hybridized carbons (Fsp3) is 0.412. The SMILES string of the molecule is COc1ccc2c(c1)C(CC=C(C)CCC=C(C)CCC=C(C)C)(CC(=O)O)C(C)N2C(=O)c1ccc(Cl)cc1. The summed E-state index contributed by atoms with van der Waals surface area (Å²) in [6, 6.07) is 12.0. The minimum absolute atomic E-state index is 0.105. The van der Waals surface area contributed by atoms with Crippen LogP contribution in [0.2, 0.25) is 5.02 Å². The van der Waals surface area contributed by atoms with E-state index in [2.05, 4.69) is 45.9 Å². The predicted molar refractivity (Wildman–Crippen MR) is 165 cm³/mol. The van der Waals surface area contributed by atoms with Crippen LogP contribution < -0.4 is 9.64 Å². The second kappa shape index (κ2) is 13.8. The van der Waals surface area contributed by atoms with Crippen molar-refractivity contribution in [2.24, 2.45) is 0 Å². The number of benzene rings is 2. The molecule has 3 rings (SSSR count). The first kappa shape index (κ1) is 31.2. The third kappa shape index (κ3) is 7.45. The zero-order valence-electron chi connectivity index (χ0n) is 24.6. The molecule has 2 unspecified atom stereocenters. The van der Waals surface area contributed by atoms with Gasteiger partial charge in [-0.3, -0.25) is 9.59 Å². The number of amides is 1. The smallest absolute Gasteiger partial charge is 0.304 e. The van der Waals surface area contributed by atoms with Gasteiger partial charge in [-0.25, -0.2) is 0 Å². The van der Waals surface area contributed by atoms with Crippen molar-refractivity contribution in [1.29, 1.82) is 0 Å². The van der Waals surface area contributed by atoms with Crippen LogP contribution in [0.5, 0.6) is 5.75 Å². The number of carboxylic acid groups (broad SMARTS) is 1. The Morgan fingerprint density at radius 2 is 1.60 bits per heavy atom. The quantitative estimate of drug-likeness (QED) is 0.262. The van der Waals surface area contributed by atoms with Gasteiger partial charge in [0.15, 0.2) is 0 Å². The molecule has 1 heterocycles. The van der Waals surface area contributed by atoms with Crippen molar-refractivity contribution in [3.8, 4) is 5.75 Å². The van der Waals surface area contributed by atoms with Gasteiger partial charge in [0, 0.05) is 27.7 Å². The number of hydrogen-bond acceptors (Lipinski definition) is 3. The molecular formula is C34H42ClNO4. The van der Waals surface area contributed by atoms with E-state index >= 15 is 0 Å². The maximum absolute atomic E-state index is 13.8. The van der Waals surface area contributed by atoms with E-state index in [9.17, 15) is 14.7 Å². The number of carbonyl (C=O) groups excluding carboxylic acids is 1. The maximum Gasteiger partial charge on any atom is 0.304 e. The van der Waals surface area contributed by atoms with Crippen molar-refractivity contribution in [2.45, 2.75) is 84.6 Å². The molecule has 2 aromatic carbocycles. The first-order chi connectivity index (χ1) is 19.0. The van der Waals surface area contributed by atoms with Crippen LogP contribution in [0.4, 0.5) is 5.69 Å². The minimum Gasteiger partial charge on any atom is -0.497 e. The number of rotatable bonds is 12. The lowest BCUT2D eigenvalue weighted by atomic mass is 9.71. The Bertz CT molecular complexity index is 1300. The van der Waals surface area contributed by atoms with Crippen molar-refractivity contribution in [2.75, 3.05) is 12.0 Å². The van der Waals surface area contributed by atoms with E-state index < -0.39 is 17.4 Å². The Kier molecular flexibility index (Phi) is 10.8. The van der Waals surface area contributed by atoms with Crippen LogP contribution in [0.15, 0.2) is 77.4 Å². The monoisotopic (exact) mass is 563 g/mol. The molecule has 0 saturated heterocycles. The Labute approximate surface area is 244 Å². The zero-order valence-corrected chi connectivity index (χ0v) is 25.3. The molecule has 6 heteroatoms. The second-order valence-electron chi connectivity index (χ2n) is 11.1. The van der Waals surface area contributed by atoms with Crippen molar-refractivity contribution in [3.05, 3.63) is 93.6 Å². The Morgan fingerprint density at radius 1 is 0.975 bits per heavy atom. The molecule has 0 aliphatic carbocycles. The van der Waals surface area contributed by atoms with Gasteiger partial charge < -0.3 is 14.7 Å². The predicted octanol–water partition coefficient (Wildman–Crippen LogP) is 8.92. The van der Waals surface area contributed by atoms with Crippen LogP contribution >= 0.6 is 11.6 Å². The highest BCUT2D eigenvalue weighted by atomic mass is 35.5. The summed E-state index contributed by atoms with van der Waals surface area (Å²) in [6.07, 6.45) is 11.1. The molecule has 1 aliphatic heterocycles. The molecule has 1 aliphatic rings. The van der Waals surface area contributed by atoms with Gasteiger partial charge >= 0.3 is 5.97 Å². The van der Waals surface area contributed by atoms with E-state index in [1.54, 1.807) is 36.3 Å². The highest BCUT2D eigenvalue weighted by Crippen LogP contribution is 2.51. The van der Waals surface area contributed by atoms with Gasteiger partial charge in [0.1, 0.15) is 5.75 Å². The number of fused-ring (bicyclic) bond motifs is 1. The third-order valence-corrected chi connectivity index (χ3v) is 8.15. The molecule has 0 aromatic heterocycles. The molecule has 0 bridgehead atoms. The minimum atomic E-state index is -0.901. The summed E-state index contributed by atoms with van der Waals surface area (Å²) in [7, 11) is 1.59. The summed E-state index contributed by atoms with van der Waals surface area (Å²) in [5, 5.41) is 10.6. The standard InChI is InChI=1S/C34H42ClNO4/c1-23(2)9-7-10-24(3)11-8-12-25(4)19-20-34(22-32(37)38)26(5)36(31-18-17-29(40-6)21-30(31)34)33(39)27-13-15-28(35)16-14-27/h9,11,13-19,21,26H,7-8,10,12,20,22H2,1-6H3,(H,37,38). The fourth-order valence-electron chi connectivity index (χ4n) is 5.51. The summed E-state index contributed by atoms with van der Waals surface area (Å²) in [5.41, 5.74) is 5.17. The van der Waals surface area contributed by atoms with Crippen LogP contribution in [0.25, 0.3) is 0 Å². The second-order valence-corrected chi connectivity index (χ2v) is 11.6. The van der Waals surface area contributed by atoms with Gasteiger partial charge in [-0.1, -0.05) is 46.5 Å². The number of methoxy groups -OCH3 is 1. The Morgan fingerprint density at radius 3 is 2.20 bits per heavy atom. The number of anilines is 1. The van der Waals surface area contributed by atoms with E-state index in [1.165, 1.54) is 16.7 Å². The first-order valence-corrected chi connectivity index (χ1v) is 14.3. The summed E-state index contributed by atoms with van der Waals surface area (Å²) in [4.78, 5) is 27.8. The van der Waals surface area contributed by atoms with E-state index in [0.29, 0.717) is 22.8 Å². The average molecular weight is 564 g/mol. The van der Waals surface area contributed by atoms with E-state index in [-0.39, 0.29) is 12.3 Å². The third-order valence-electron chi connectivity index (χ3n) is 7.90. The molecule has 0 fully saturated rings. The lowest BCUT2D eigenvalue weighted by Crippen LogP contribution is -2.46. The van der Waals surface area contributed by atoms with Gasteiger partial charge in [0.2, 0.25) is 0 Å². The normalized spacial score (nSPS) is 18.9. The highest BCUT2D eigenvalue weighted by Gasteiger charge is 2.51. The van der Waals surface area contributed by atoms with Gasteiger partial charge in [0.25, 0.3) is 5.91 Å². The van der Waals surface area contributed by atoms with E-state index in [4.69, 9.17) is 16.3 Å². The molecule has 40 heavy (non-hydrogen) atoms. The van der Waals surface area contributed by atoms with Crippen LogP contribution in [-0.2, 0) is 10.2 Å². The lowest BCUT2D eigenvalue weighted by Gasteiger charge is -2.35. The number of carboxylic acids is 1. The fourth-order valence-corrected chi connectivity index (χ4v) is 5.64. The molecule has 1 amide bonds. The van der Waals surface area contributed by atoms with E-state index in [1.807, 2.05) is 25.1 Å². The molecule has 0 radical (unpaired) electrons. The van der Waals surface area contributed by atoms with Crippen LogP contribution in [-0.4, -0.2) is 30.1 Å². The van der Waals surface area contributed by atoms with Crippen molar-refractivity contribution < 1.29 is 19.4 Å². The van der Waals surface area contributed by atoms with Crippen LogP contribution in [0.1, 0.15) is 89.1 Å². The highest BCUT2D eigenvalue weighted by molar-refractivity contribution is 6.30. The Hall–Kier alpha value is -3.31. The number of halogens is 1. The molecule has 1 N–H and O–H groups in total. The van der Waals surface area contributed by atoms with E-state index in [0.717, 1.165) is 36.9 Å². The van der Waals surface area contributed by atoms with Crippen LogP contribution in [0.3, 0.4) is 0 Å². The number of nitrogens with zero attached hydrogens (tertiary/aromatic N) is 1. The number of ether oxygens (including phenoxy) is 1. The molecule has 0 saturated carbocycles. The molecule has 2 atom stereocenters. The number of aliphatic carboxylic acids is 1. The molecule has 2 aromatic rings. The first-order valence-electron chi connectivity index (χ1n) is 13.9. The summed E-state index contributed by atoms with van der Waals surface area (Å²) >= 11 is 6.06. The van der Waals surface area contributed by atoms with Crippen molar-refractivity contribution in [1.82, 2.24) is 0 Å². The molecule has 214 valence electrons. The topological polar surface area (TPSA) is 66.8 Å². The van der Waals surface area contributed by atoms with Gasteiger partial charge in [-0.2, -0.15) is 0 Å². The van der Waals surface area contributed by atoms with Gasteiger partial charge in [-0.15, -0.1) is 0 Å². The Balaban J connectivity index is 1.92. The van der Waals surface area contributed by atoms with Gasteiger partial charge in [-0.05, 0) is 115 Å². The van der Waals surface area contributed by atoms with Crippen LogP contribution in [0, 0.1) is 0 Å². The van der Waals surface area contributed by atoms with Crippen molar-refractivity contribution in [3.63, 3.8) is 0 Å². The van der Waals surface area contributed by atoms with Crippen molar-refractivity contribution >= 4 is 29.2 Å².